The van der Waals surface area contributed by atoms with Crippen LogP contribution in [0.1, 0.15) is 168 Å². The summed E-state index contributed by atoms with van der Waals surface area (Å²) in [7, 11) is 0. The minimum absolute atomic E-state index is 0.0479. The van der Waals surface area contributed by atoms with Gasteiger partial charge in [0.15, 0.2) is 11.2 Å². The Morgan fingerprint density at radius 1 is 0.377 bits per heavy atom. The van der Waals surface area contributed by atoms with Gasteiger partial charge in [0.1, 0.15) is 24.4 Å². The van der Waals surface area contributed by atoms with Crippen molar-refractivity contribution in [1.29, 1.82) is 0 Å². The summed E-state index contributed by atoms with van der Waals surface area (Å²) >= 11 is 0. The smallest absolute Gasteiger partial charge is 0.203 e. The van der Waals surface area contributed by atoms with E-state index in [1.54, 1.807) is 0 Å². The van der Waals surface area contributed by atoms with Gasteiger partial charge in [0, 0.05) is 0 Å². The van der Waals surface area contributed by atoms with E-state index in [0.29, 0.717) is 25.7 Å². The Bertz CT molecular complexity index is 868. The zero-order chi connectivity index (χ0) is 40.1. The summed E-state index contributed by atoms with van der Waals surface area (Å²) in [6.07, 6.45) is 9.31. The average molecular weight is 763 g/mol. The number of unbranched alkanes of at least 4 members (excludes halogenated alkanes) is 20. The molecule has 0 aromatic rings. The van der Waals surface area contributed by atoms with Crippen LogP contribution in [-0.4, -0.2) is 126 Å². The van der Waals surface area contributed by atoms with Gasteiger partial charge in [-0.05, 0) is 25.7 Å². The first-order chi connectivity index (χ1) is 25.4. The number of ether oxygens (including phenoxy) is 1. The Kier molecular flexibility index (Phi) is 29.6. The highest BCUT2D eigenvalue weighted by molar-refractivity contribution is 6.17. The van der Waals surface area contributed by atoms with Gasteiger partial charge in [-0.1, -0.05) is 142 Å². The number of hydrogen-bond acceptors (Lipinski definition) is 13. The van der Waals surface area contributed by atoms with Crippen LogP contribution in [0.15, 0.2) is 0 Å². The molecule has 8 N–H and O–H groups in total. The lowest BCUT2D eigenvalue weighted by Crippen LogP contribution is -2.67. The third kappa shape index (κ3) is 18.2. The SMILES string of the molecule is CCCCCCCCCCCCCC(OC(CCCCCCCCCCCCC)(C(=O)C(O)CO)C(=O)C(O)CO)(C(=O)C(O)CO)C(=O)C(O)CO. The molecule has 13 nitrogen and oxygen atoms in total. The molecule has 0 aliphatic carbocycles. The summed E-state index contributed by atoms with van der Waals surface area (Å²) in [4.78, 5) is 55.8. The molecule has 0 rings (SSSR count). The molecule has 312 valence electrons. The van der Waals surface area contributed by atoms with Crippen molar-refractivity contribution < 1.29 is 64.8 Å². The maximum Gasteiger partial charge on any atom is 0.203 e. The van der Waals surface area contributed by atoms with Crippen LogP contribution in [0.3, 0.4) is 0 Å². The maximum atomic E-state index is 13.9. The second kappa shape index (κ2) is 30.5. The number of hydrogen-bond donors (Lipinski definition) is 8. The number of rotatable bonds is 38. The molecule has 0 saturated heterocycles. The van der Waals surface area contributed by atoms with Gasteiger partial charge in [0.2, 0.25) is 23.1 Å². The Morgan fingerprint density at radius 2 is 0.566 bits per heavy atom. The fourth-order valence-corrected chi connectivity index (χ4v) is 6.82. The highest BCUT2D eigenvalue weighted by Gasteiger charge is 2.61. The Balaban J connectivity index is 6.53. The molecule has 0 bridgehead atoms. The molecule has 13 heteroatoms. The minimum atomic E-state index is -3.02. The van der Waals surface area contributed by atoms with Gasteiger partial charge >= 0.3 is 0 Å². The zero-order valence-corrected chi connectivity index (χ0v) is 32.7. The summed E-state index contributed by atoms with van der Waals surface area (Å²) < 4.78 is 6.07. The molecule has 53 heavy (non-hydrogen) atoms. The molecule has 4 unspecified atom stereocenters. The third-order valence-corrected chi connectivity index (χ3v) is 10.1. The normalized spacial score (nSPS) is 16.3. The topological polar surface area (TPSA) is 239 Å². The van der Waals surface area contributed by atoms with Gasteiger partial charge < -0.3 is 45.6 Å². The van der Waals surface area contributed by atoms with Crippen LogP contribution in [0.2, 0.25) is 0 Å². The summed E-state index contributed by atoms with van der Waals surface area (Å²) in [5.41, 5.74) is -6.03. The van der Waals surface area contributed by atoms with E-state index >= 15 is 0 Å². The number of carbonyl (C=O) groups is 4. The van der Waals surface area contributed by atoms with Gasteiger partial charge in [-0.3, -0.25) is 19.2 Å². The van der Waals surface area contributed by atoms with Gasteiger partial charge in [-0.2, -0.15) is 0 Å². The first-order valence-corrected chi connectivity index (χ1v) is 20.4. The van der Waals surface area contributed by atoms with Crippen molar-refractivity contribution >= 4 is 23.1 Å². The maximum absolute atomic E-state index is 13.9. The molecule has 0 radical (unpaired) electrons. The summed E-state index contributed by atoms with van der Waals surface area (Å²) in [6.45, 7) is -0.481. The van der Waals surface area contributed by atoms with Crippen molar-refractivity contribution in [1.82, 2.24) is 0 Å². The Morgan fingerprint density at radius 3 is 0.755 bits per heavy atom. The van der Waals surface area contributed by atoms with Crippen molar-refractivity contribution in [2.75, 3.05) is 26.4 Å². The lowest BCUT2D eigenvalue weighted by Gasteiger charge is -2.43. The highest BCUT2D eigenvalue weighted by atomic mass is 16.5. The molecule has 0 aromatic carbocycles. The Labute approximate surface area is 317 Å². The number of aliphatic hydroxyl groups excluding tert-OH is 8. The second-order valence-corrected chi connectivity index (χ2v) is 14.6. The van der Waals surface area contributed by atoms with Crippen LogP contribution in [0, 0.1) is 0 Å². The molecule has 0 spiro atoms. The van der Waals surface area contributed by atoms with E-state index in [0.717, 1.165) is 77.0 Å². The van der Waals surface area contributed by atoms with Gasteiger partial charge in [0.05, 0.1) is 26.4 Å². The van der Waals surface area contributed by atoms with Crippen LogP contribution < -0.4 is 0 Å². The summed E-state index contributed by atoms with van der Waals surface area (Å²) in [5.74, 6) is -5.98. The molecule has 0 aliphatic heterocycles. The summed E-state index contributed by atoms with van der Waals surface area (Å²) in [6, 6.07) is 0. The molecule has 0 aliphatic rings. The van der Waals surface area contributed by atoms with Gasteiger partial charge in [0.25, 0.3) is 0 Å². The van der Waals surface area contributed by atoms with E-state index in [9.17, 15) is 60.0 Å². The fraction of sp³-hybridized carbons (Fsp3) is 0.900. The largest absolute Gasteiger partial charge is 0.393 e. The predicted octanol–water partition coefficient (Wildman–Crippen LogP) is 3.57. The molecule has 0 aromatic heterocycles. The zero-order valence-electron chi connectivity index (χ0n) is 32.7. The fourth-order valence-electron chi connectivity index (χ4n) is 6.82. The van der Waals surface area contributed by atoms with E-state index < -0.39 is 98.0 Å². The molecule has 4 atom stereocenters. The molecule has 0 saturated carbocycles. The predicted molar refractivity (Wildman–Crippen MR) is 201 cm³/mol. The molecule has 0 heterocycles. The molecular weight excluding hydrogens is 688 g/mol. The van der Waals surface area contributed by atoms with Crippen molar-refractivity contribution in [3.05, 3.63) is 0 Å². The van der Waals surface area contributed by atoms with Gasteiger partial charge in [-0.15, -0.1) is 0 Å². The second-order valence-electron chi connectivity index (χ2n) is 14.6. The van der Waals surface area contributed by atoms with Gasteiger partial charge in [-0.25, -0.2) is 0 Å². The van der Waals surface area contributed by atoms with Crippen LogP contribution in [0.4, 0.5) is 0 Å². The van der Waals surface area contributed by atoms with Crippen molar-refractivity contribution in [3.63, 3.8) is 0 Å². The summed E-state index contributed by atoms with van der Waals surface area (Å²) in [5, 5.41) is 81.4. The molecular formula is C40H74O13. The number of Topliss-reactive ketones (excluding diaryl/α,β-unsaturated/α-hetero) is 4. The quantitative estimate of drug-likeness (QED) is 0.0332. The average Bonchev–Trinajstić information content (AvgIpc) is 3.18. The van der Waals surface area contributed by atoms with E-state index in [1.165, 1.54) is 25.7 Å². The Hall–Kier alpha value is -1.68. The van der Waals surface area contributed by atoms with Crippen LogP contribution in [-0.2, 0) is 23.9 Å². The van der Waals surface area contributed by atoms with Crippen LogP contribution >= 0.6 is 0 Å². The van der Waals surface area contributed by atoms with Crippen molar-refractivity contribution in [3.8, 4) is 0 Å². The van der Waals surface area contributed by atoms with Crippen LogP contribution in [0.5, 0.6) is 0 Å². The van der Waals surface area contributed by atoms with Crippen LogP contribution in [0.25, 0.3) is 0 Å². The van der Waals surface area contributed by atoms with E-state index in [4.69, 9.17) is 4.74 Å². The van der Waals surface area contributed by atoms with E-state index in [2.05, 4.69) is 13.8 Å². The monoisotopic (exact) mass is 763 g/mol. The minimum Gasteiger partial charge on any atom is -0.393 e. The first-order valence-electron chi connectivity index (χ1n) is 20.4. The highest BCUT2D eigenvalue weighted by Crippen LogP contribution is 2.37. The van der Waals surface area contributed by atoms with Crippen molar-refractivity contribution in [2.45, 2.75) is 204 Å². The molecule has 0 fully saturated rings. The lowest BCUT2D eigenvalue weighted by atomic mass is 9.77. The number of ketones is 4. The molecule has 0 amide bonds. The number of carbonyl (C=O) groups excluding carboxylic acids is 4. The lowest BCUT2D eigenvalue weighted by molar-refractivity contribution is -0.205. The number of aliphatic hydroxyl groups is 8. The standard InChI is InChI=1S/C40H74O13/c1-3-5-7-9-11-13-15-17-19-21-23-25-39(35(49)31(45)27-41,36(50)32(46)28-42)53-40(37(51)33(47)29-43,38(52)34(48)30-44)26-24-22-20-18-16-14-12-10-8-6-4-2/h31-34,41-48H,3-30H2,1-2H3. The van der Waals surface area contributed by atoms with E-state index in [1.807, 2.05) is 0 Å². The van der Waals surface area contributed by atoms with E-state index in [-0.39, 0.29) is 12.8 Å². The third-order valence-electron chi connectivity index (χ3n) is 10.1. The van der Waals surface area contributed by atoms with Crippen molar-refractivity contribution in [2.24, 2.45) is 0 Å². The first kappa shape index (κ1) is 51.3.